The third-order valence-corrected chi connectivity index (χ3v) is 4.33. The second kappa shape index (κ2) is 4.42. The molecule has 1 heterocycles. The SMILES string of the molecule is CC(C)[C@@H]1CCC[C@@]2(CC[C@@H](CO)O2)C1. The van der Waals surface area contributed by atoms with E-state index in [-0.39, 0.29) is 18.3 Å². The van der Waals surface area contributed by atoms with Gasteiger partial charge in [-0.15, -0.1) is 0 Å². The van der Waals surface area contributed by atoms with Crippen molar-refractivity contribution in [2.45, 2.75) is 64.1 Å². The zero-order chi connectivity index (χ0) is 10.9. The number of aliphatic hydroxyl groups excluding tert-OH is 1. The van der Waals surface area contributed by atoms with Crippen LogP contribution in [0.4, 0.5) is 0 Å². The van der Waals surface area contributed by atoms with Crippen LogP contribution in [0.2, 0.25) is 0 Å². The molecule has 0 aromatic rings. The van der Waals surface area contributed by atoms with Gasteiger partial charge >= 0.3 is 0 Å². The molecule has 0 radical (unpaired) electrons. The Bertz CT molecular complexity index is 215. The molecule has 2 heteroatoms. The number of rotatable bonds is 2. The Hall–Kier alpha value is -0.0800. The topological polar surface area (TPSA) is 29.5 Å². The molecule has 0 bridgehead atoms. The summed E-state index contributed by atoms with van der Waals surface area (Å²) in [6.07, 6.45) is 7.46. The van der Waals surface area contributed by atoms with Gasteiger partial charge < -0.3 is 9.84 Å². The fourth-order valence-electron chi connectivity index (χ4n) is 3.30. The van der Waals surface area contributed by atoms with Crippen molar-refractivity contribution >= 4 is 0 Å². The number of ether oxygens (including phenoxy) is 1. The molecule has 1 spiro atoms. The first-order valence-electron chi connectivity index (χ1n) is 6.44. The van der Waals surface area contributed by atoms with Gasteiger partial charge in [-0.05, 0) is 43.9 Å². The van der Waals surface area contributed by atoms with Crippen molar-refractivity contribution in [1.82, 2.24) is 0 Å². The normalized spacial score (nSPS) is 41.6. The van der Waals surface area contributed by atoms with Gasteiger partial charge in [-0.25, -0.2) is 0 Å². The molecule has 3 atom stereocenters. The largest absolute Gasteiger partial charge is 0.394 e. The van der Waals surface area contributed by atoms with Crippen LogP contribution in [-0.2, 0) is 4.74 Å². The zero-order valence-electron chi connectivity index (χ0n) is 10.0. The van der Waals surface area contributed by atoms with Crippen LogP contribution in [0.1, 0.15) is 52.4 Å². The van der Waals surface area contributed by atoms with Gasteiger partial charge in [0.15, 0.2) is 0 Å². The molecule has 1 saturated heterocycles. The molecule has 1 saturated carbocycles. The fourth-order valence-corrected chi connectivity index (χ4v) is 3.30. The van der Waals surface area contributed by atoms with Crippen LogP contribution >= 0.6 is 0 Å². The molecule has 0 amide bonds. The van der Waals surface area contributed by atoms with E-state index in [4.69, 9.17) is 9.84 Å². The number of hydrogen-bond acceptors (Lipinski definition) is 2. The standard InChI is InChI=1S/C13H24O2/c1-10(2)11-4-3-6-13(8-11)7-5-12(9-14)15-13/h10-12,14H,3-9H2,1-2H3/t11-,12+,13-/m1/s1. The fraction of sp³-hybridized carbons (Fsp3) is 1.00. The Morgan fingerprint density at radius 1 is 1.33 bits per heavy atom. The highest BCUT2D eigenvalue weighted by Crippen LogP contribution is 2.45. The molecule has 0 aromatic heterocycles. The lowest BCUT2D eigenvalue weighted by atomic mass is 9.72. The van der Waals surface area contributed by atoms with E-state index >= 15 is 0 Å². The maximum absolute atomic E-state index is 9.13. The Morgan fingerprint density at radius 3 is 2.73 bits per heavy atom. The van der Waals surface area contributed by atoms with Crippen molar-refractivity contribution in [3.8, 4) is 0 Å². The van der Waals surface area contributed by atoms with Gasteiger partial charge in [0.05, 0.1) is 18.3 Å². The van der Waals surface area contributed by atoms with Crippen LogP contribution < -0.4 is 0 Å². The summed E-state index contributed by atoms with van der Waals surface area (Å²) in [6, 6.07) is 0. The smallest absolute Gasteiger partial charge is 0.0814 e. The molecule has 2 aliphatic rings. The average Bonchev–Trinajstić information content (AvgIpc) is 2.61. The van der Waals surface area contributed by atoms with Crippen LogP contribution in [0.3, 0.4) is 0 Å². The second-order valence-corrected chi connectivity index (χ2v) is 5.74. The minimum absolute atomic E-state index is 0.121. The lowest BCUT2D eigenvalue weighted by Crippen LogP contribution is -2.37. The molecule has 0 unspecified atom stereocenters. The molecule has 1 aliphatic carbocycles. The van der Waals surface area contributed by atoms with Crippen molar-refractivity contribution in [3.05, 3.63) is 0 Å². The van der Waals surface area contributed by atoms with Crippen LogP contribution in [0.25, 0.3) is 0 Å². The molecule has 88 valence electrons. The van der Waals surface area contributed by atoms with Gasteiger partial charge in [0.1, 0.15) is 0 Å². The highest BCUT2D eigenvalue weighted by molar-refractivity contribution is 4.94. The van der Waals surface area contributed by atoms with Gasteiger partial charge in [-0.2, -0.15) is 0 Å². The van der Waals surface area contributed by atoms with Crippen molar-refractivity contribution in [1.29, 1.82) is 0 Å². The van der Waals surface area contributed by atoms with Crippen molar-refractivity contribution in [2.24, 2.45) is 11.8 Å². The zero-order valence-corrected chi connectivity index (χ0v) is 10.0. The van der Waals surface area contributed by atoms with Crippen LogP contribution in [0.15, 0.2) is 0 Å². The lowest BCUT2D eigenvalue weighted by Gasteiger charge is -2.39. The predicted octanol–water partition coefficient (Wildman–Crippen LogP) is 2.74. The third kappa shape index (κ3) is 2.36. The van der Waals surface area contributed by atoms with Crippen LogP contribution in [0, 0.1) is 11.8 Å². The van der Waals surface area contributed by atoms with Gasteiger partial charge in [0, 0.05) is 0 Å². The summed E-state index contributed by atoms with van der Waals surface area (Å²) in [5, 5.41) is 9.13. The summed E-state index contributed by atoms with van der Waals surface area (Å²) in [5.74, 6) is 1.61. The van der Waals surface area contributed by atoms with Gasteiger partial charge in [-0.1, -0.05) is 20.3 Å². The van der Waals surface area contributed by atoms with Gasteiger partial charge in [-0.3, -0.25) is 0 Å². The van der Waals surface area contributed by atoms with E-state index in [1.54, 1.807) is 0 Å². The first-order valence-corrected chi connectivity index (χ1v) is 6.44. The molecular formula is C13H24O2. The molecule has 1 aliphatic heterocycles. The maximum Gasteiger partial charge on any atom is 0.0814 e. The minimum Gasteiger partial charge on any atom is -0.394 e. The molecule has 1 N–H and O–H groups in total. The summed E-state index contributed by atoms with van der Waals surface area (Å²) in [6.45, 7) is 4.85. The Labute approximate surface area is 93.0 Å². The van der Waals surface area contributed by atoms with E-state index in [1.165, 1.54) is 32.1 Å². The van der Waals surface area contributed by atoms with E-state index in [1.807, 2.05) is 0 Å². The number of aliphatic hydroxyl groups is 1. The lowest BCUT2D eigenvalue weighted by molar-refractivity contribution is -0.0925. The van der Waals surface area contributed by atoms with Gasteiger partial charge in [0.25, 0.3) is 0 Å². The summed E-state index contributed by atoms with van der Waals surface area (Å²) < 4.78 is 6.07. The van der Waals surface area contributed by atoms with Crippen LogP contribution in [-0.4, -0.2) is 23.4 Å². The third-order valence-electron chi connectivity index (χ3n) is 4.33. The summed E-state index contributed by atoms with van der Waals surface area (Å²) >= 11 is 0. The first kappa shape index (κ1) is 11.4. The van der Waals surface area contributed by atoms with E-state index in [2.05, 4.69) is 13.8 Å². The van der Waals surface area contributed by atoms with E-state index in [0.717, 1.165) is 18.3 Å². The quantitative estimate of drug-likeness (QED) is 0.762. The minimum atomic E-state index is 0.121. The van der Waals surface area contributed by atoms with E-state index < -0.39 is 0 Å². The number of hydrogen-bond donors (Lipinski definition) is 1. The summed E-state index contributed by atoms with van der Waals surface area (Å²) in [4.78, 5) is 0. The summed E-state index contributed by atoms with van der Waals surface area (Å²) in [5.41, 5.74) is 0.139. The first-order chi connectivity index (χ1) is 7.15. The Morgan fingerprint density at radius 2 is 2.13 bits per heavy atom. The van der Waals surface area contributed by atoms with Crippen molar-refractivity contribution in [2.75, 3.05) is 6.61 Å². The summed E-state index contributed by atoms with van der Waals surface area (Å²) in [7, 11) is 0. The molecule has 0 aromatic carbocycles. The van der Waals surface area contributed by atoms with Crippen LogP contribution in [0.5, 0.6) is 0 Å². The molecule has 15 heavy (non-hydrogen) atoms. The Kier molecular flexibility index (Phi) is 3.36. The van der Waals surface area contributed by atoms with Gasteiger partial charge in [0.2, 0.25) is 0 Å². The molecule has 2 rings (SSSR count). The monoisotopic (exact) mass is 212 g/mol. The Balaban J connectivity index is 1.97. The molecule has 2 fully saturated rings. The highest BCUT2D eigenvalue weighted by Gasteiger charge is 2.43. The maximum atomic E-state index is 9.13. The highest BCUT2D eigenvalue weighted by atomic mass is 16.5. The average molecular weight is 212 g/mol. The van der Waals surface area contributed by atoms with E-state index in [9.17, 15) is 0 Å². The predicted molar refractivity (Wildman–Crippen MR) is 60.7 cm³/mol. The molecular weight excluding hydrogens is 188 g/mol. The second-order valence-electron chi connectivity index (χ2n) is 5.74. The van der Waals surface area contributed by atoms with Crippen molar-refractivity contribution in [3.63, 3.8) is 0 Å². The van der Waals surface area contributed by atoms with E-state index in [0.29, 0.717) is 0 Å². The van der Waals surface area contributed by atoms with Crippen molar-refractivity contribution < 1.29 is 9.84 Å². The molecule has 2 nitrogen and oxygen atoms in total.